The van der Waals surface area contributed by atoms with Gasteiger partial charge in [0, 0.05) is 50.1 Å². The molecular weight excluding hydrogens is 583 g/mol. The molecule has 0 radical (unpaired) electrons. The van der Waals surface area contributed by atoms with Gasteiger partial charge in [0.25, 0.3) is 5.69 Å². The molecule has 240 valence electrons. The molecule has 0 aliphatic heterocycles. The predicted octanol–water partition coefficient (Wildman–Crippen LogP) is 5.75. The van der Waals surface area contributed by atoms with Crippen LogP contribution in [0.25, 0.3) is 22.3 Å². The highest BCUT2D eigenvalue weighted by Gasteiger charge is 2.25. The van der Waals surface area contributed by atoms with Crippen molar-refractivity contribution in [2.75, 3.05) is 51.6 Å². The van der Waals surface area contributed by atoms with E-state index < -0.39 is 22.8 Å². The number of nitrogens with zero attached hydrogens (tertiary/aromatic N) is 7. The molecule has 1 N–H and O–H groups in total. The minimum Gasteiger partial charge on any atom is -0.494 e. The molecule has 4 aromatic rings. The first-order valence-electron chi connectivity index (χ1n) is 14.5. The molecule has 0 amide bonds. The molecule has 0 saturated heterocycles. The van der Waals surface area contributed by atoms with E-state index in [9.17, 15) is 14.9 Å². The molecule has 0 spiro atoms. The molecule has 13 nitrogen and oxygen atoms in total. The highest BCUT2D eigenvalue weighted by molar-refractivity contribution is 5.97. The van der Waals surface area contributed by atoms with Gasteiger partial charge in [-0.15, -0.1) is 0 Å². The van der Waals surface area contributed by atoms with Gasteiger partial charge in [0.2, 0.25) is 5.95 Å². The van der Waals surface area contributed by atoms with Crippen LogP contribution in [0.4, 0.5) is 27.4 Å². The number of methoxy groups -OCH3 is 1. The number of nitro benzene ring substituents is 1. The Kier molecular flexibility index (Phi) is 9.86. The van der Waals surface area contributed by atoms with Crippen LogP contribution < -0.4 is 15.0 Å². The molecule has 4 rings (SSSR count). The Morgan fingerprint density at radius 2 is 1.82 bits per heavy atom. The predicted molar refractivity (Wildman–Crippen MR) is 171 cm³/mol. The van der Waals surface area contributed by atoms with Gasteiger partial charge in [-0.1, -0.05) is 0 Å². The molecule has 14 heteroatoms. The largest absolute Gasteiger partial charge is 0.494 e. The van der Waals surface area contributed by atoms with Crippen LogP contribution in [-0.2, 0) is 4.74 Å². The molecule has 2 aromatic heterocycles. The van der Waals surface area contributed by atoms with Gasteiger partial charge < -0.3 is 29.2 Å². The van der Waals surface area contributed by atoms with Crippen LogP contribution in [0.2, 0.25) is 0 Å². The number of imidazole rings is 1. The Morgan fingerprint density at radius 1 is 1.11 bits per heavy atom. The maximum Gasteiger partial charge on any atom is 0.342 e. The fourth-order valence-electron chi connectivity index (χ4n) is 5.01. The van der Waals surface area contributed by atoms with E-state index in [1.54, 1.807) is 44.9 Å². The van der Waals surface area contributed by atoms with Gasteiger partial charge in [0.15, 0.2) is 5.82 Å². The quantitative estimate of drug-likeness (QED) is 0.117. The summed E-state index contributed by atoms with van der Waals surface area (Å²) in [5, 5.41) is 15.1. The summed E-state index contributed by atoms with van der Waals surface area (Å²) >= 11 is 0. The summed E-state index contributed by atoms with van der Waals surface area (Å²) < 4.78 is 28.4. The van der Waals surface area contributed by atoms with E-state index in [0.29, 0.717) is 41.4 Å². The minimum absolute atomic E-state index is 0.00135. The first-order chi connectivity index (χ1) is 21.2. The zero-order valence-corrected chi connectivity index (χ0v) is 27.0. The fraction of sp³-hybridized carbons (Fsp3) is 0.419. The summed E-state index contributed by atoms with van der Waals surface area (Å²) in [6.07, 6.45) is 0.860. The number of anilines is 3. The summed E-state index contributed by atoms with van der Waals surface area (Å²) in [5.41, 5.74) is 1.64. The highest BCUT2D eigenvalue weighted by atomic mass is 19.1. The van der Waals surface area contributed by atoms with Crippen LogP contribution in [0.15, 0.2) is 30.5 Å². The fourth-order valence-corrected chi connectivity index (χ4v) is 5.01. The molecule has 0 atom stereocenters. The third-order valence-electron chi connectivity index (χ3n) is 7.10. The topological polar surface area (TPSA) is 141 Å². The van der Waals surface area contributed by atoms with Gasteiger partial charge in [0.05, 0.1) is 35.0 Å². The van der Waals surface area contributed by atoms with Crippen molar-refractivity contribution >= 4 is 40.0 Å². The number of carbonyl (C=O) groups excluding carboxylic acids is 1. The van der Waals surface area contributed by atoms with Crippen LogP contribution in [0.5, 0.6) is 5.75 Å². The zero-order chi connectivity index (χ0) is 33.2. The molecule has 0 aliphatic carbocycles. The monoisotopic (exact) mass is 622 g/mol. The maximum absolute atomic E-state index is 15.5. The van der Waals surface area contributed by atoms with Crippen molar-refractivity contribution in [2.24, 2.45) is 0 Å². The van der Waals surface area contributed by atoms with E-state index in [2.05, 4.69) is 20.3 Å². The van der Waals surface area contributed by atoms with E-state index in [4.69, 9.17) is 9.47 Å². The number of ether oxygens (including phenoxy) is 2. The maximum atomic E-state index is 15.5. The number of hydrogen-bond acceptors (Lipinski definition) is 11. The second-order valence-corrected chi connectivity index (χ2v) is 11.5. The number of nitro groups is 1. The molecule has 0 bridgehead atoms. The van der Waals surface area contributed by atoms with Crippen LogP contribution in [0.1, 0.15) is 49.9 Å². The summed E-state index contributed by atoms with van der Waals surface area (Å²) in [4.78, 5) is 41.8. The number of likely N-dealkylation sites (N-methyl/N-ethyl adjacent to an activating group) is 2. The van der Waals surface area contributed by atoms with Crippen LogP contribution in [0.3, 0.4) is 0 Å². The Hall–Kier alpha value is -4.85. The Morgan fingerprint density at radius 3 is 2.42 bits per heavy atom. The molecule has 2 aromatic carbocycles. The number of benzene rings is 2. The Labute approximate surface area is 261 Å². The Bertz CT molecular complexity index is 1740. The number of fused-ring (bicyclic) bond motifs is 1. The van der Waals surface area contributed by atoms with Gasteiger partial charge >= 0.3 is 5.97 Å². The smallest absolute Gasteiger partial charge is 0.342 e. The van der Waals surface area contributed by atoms with Gasteiger partial charge in [-0.3, -0.25) is 10.1 Å². The first-order valence-corrected chi connectivity index (χ1v) is 14.5. The molecule has 0 fully saturated rings. The number of aromatic nitrogens is 4. The number of rotatable bonds is 12. The van der Waals surface area contributed by atoms with E-state index in [1.807, 2.05) is 37.4 Å². The van der Waals surface area contributed by atoms with Crippen LogP contribution in [-0.4, -0.2) is 82.8 Å². The molecule has 0 unspecified atom stereocenters. The van der Waals surface area contributed by atoms with Crippen molar-refractivity contribution in [2.45, 2.75) is 46.8 Å². The number of carbonyl (C=O) groups is 1. The van der Waals surface area contributed by atoms with E-state index in [-0.39, 0.29) is 40.1 Å². The van der Waals surface area contributed by atoms with Crippen molar-refractivity contribution in [3.05, 3.63) is 57.8 Å². The van der Waals surface area contributed by atoms with Crippen molar-refractivity contribution < 1.29 is 23.6 Å². The number of hydrogen-bond donors (Lipinski definition) is 1. The molecule has 45 heavy (non-hydrogen) atoms. The standard InChI is InChI=1S/C31H39FN8O5/c1-17(2)39-19(5)34-29-22(32)12-20(13-26(29)39)28-21(30(41)45-18(3)4)16-33-31(36-28)35-23-14-25(40(42)43)24(15-27(23)44-9)38(8)11-10-37(6)7/h12-18H,10-11H2,1-9H3,(H,33,35,36). The number of nitrogens with one attached hydrogen (secondary N) is 1. The summed E-state index contributed by atoms with van der Waals surface area (Å²) in [6.45, 7) is 10.4. The molecule has 0 saturated carbocycles. The van der Waals surface area contributed by atoms with Gasteiger partial charge in [0.1, 0.15) is 28.3 Å². The van der Waals surface area contributed by atoms with Crippen LogP contribution in [0, 0.1) is 22.9 Å². The van der Waals surface area contributed by atoms with Crippen molar-refractivity contribution in [1.82, 2.24) is 24.4 Å². The normalized spacial score (nSPS) is 11.5. The van der Waals surface area contributed by atoms with E-state index in [0.717, 1.165) is 0 Å². The van der Waals surface area contributed by atoms with Gasteiger partial charge in [-0.05, 0) is 60.8 Å². The number of aryl methyl sites for hydroxylation is 1. The molecular formula is C31H39FN8O5. The summed E-state index contributed by atoms with van der Waals surface area (Å²) in [6, 6.07) is 5.90. The summed E-state index contributed by atoms with van der Waals surface area (Å²) in [5.74, 6) is -0.303. The number of halogens is 1. The minimum atomic E-state index is -0.682. The lowest BCUT2D eigenvalue weighted by atomic mass is 10.1. The Balaban J connectivity index is 1.85. The lowest BCUT2D eigenvalue weighted by molar-refractivity contribution is -0.384. The first kappa shape index (κ1) is 33.1. The van der Waals surface area contributed by atoms with Crippen LogP contribution >= 0.6 is 0 Å². The van der Waals surface area contributed by atoms with E-state index >= 15 is 4.39 Å². The van der Waals surface area contributed by atoms with Crippen molar-refractivity contribution in [3.8, 4) is 17.0 Å². The van der Waals surface area contributed by atoms with E-state index in [1.165, 1.54) is 25.4 Å². The lowest BCUT2D eigenvalue weighted by Gasteiger charge is -2.23. The number of esters is 1. The second kappa shape index (κ2) is 13.4. The highest BCUT2D eigenvalue weighted by Crippen LogP contribution is 2.39. The molecule has 2 heterocycles. The third-order valence-corrected chi connectivity index (χ3v) is 7.10. The zero-order valence-electron chi connectivity index (χ0n) is 27.0. The van der Waals surface area contributed by atoms with Crippen molar-refractivity contribution in [1.29, 1.82) is 0 Å². The van der Waals surface area contributed by atoms with Gasteiger partial charge in [-0.25, -0.2) is 24.1 Å². The van der Waals surface area contributed by atoms with Gasteiger partial charge in [-0.2, -0.15) is 0 Å². The lowest BCUT2D eigenvalue weighted by Crippen LogP contribution is -2.29. The van der Waals surface area contributed by atoms with Crippen molar-refractivity contribution in [3.63, 3.8) is 0 Å². The second-order valence-electron chi connectivity index (χ2n) is 11.5. The average molecular weight is 623 g/mol. The summed E-state index contributed by atoms with van der Waals surface area (Å²) in [7, 11) is 7.06. The SMILES string of the molecule is COc1cc(N(C)CCN(C)C)c([N+](=O)[O-])cc1Nc1ncc(C(=O)OC(C)C)c(-c2cc(F)c3nc(C)n(C(C)C)c3c2)n1. The molecule has 0 aliphatic rings. The average Bonchev–Trinajstić information content (AvgIpc) is 3.31. The third kappa shape index (κ3) is 7.11.